The zero-order valence-electron chi connectivity index (χ0n) is 7.85. The van der Waals surface area contributed by atoms with Crippen LogP contribution in [0.3, 0.4) is 0 Å². The Morgan fingerprint density at radius 3 is 2.43 bits per heavy atom. The van der Waals surface area contributed by atoms with Crippen LogP contribution in [0.2, 0.25) is 10.0 Å². The van der Waals surface area contributed by atoms with Crippen LogP contribution in [0, 0.1) is 12.3 Å². The summed E-state index contributed by atoms with van der Waals surface area (Å²) >= 11 is 12.0. The molecule has 0 spiro atoms. The summed E-state index contributed by atoms with van der Waals surface area (Å²) in [5, 5.41) is 4.32. The summed E-state index contributed by atoms with van der Waals surface area (Å²) < 4.78 is 0. The van der Waals surface area contributed by atoms with E-state index in [1.54, 1.807) is 0 Å². The van der Waals surface area contributed by atoms with E-state index < -0.39 is 0 Å². The highest BCUT2D eigenvalue weighted by Gasteiger charge is 2.09. The minimum absolute atomic E-state index is 0.0348. The molecule has 74 valence electrons. The Kier molecular flexibility index (Phi) is 4.28. The maximum Gasteiger partial charge on any atom is 0.0726 e. The predicted molar refractivity (Wildman–Crippen MR) is 61.8 cm³/mol. The number of hydrogen-bond donors (Lipinski definition) is 1. The topological polar surface area (TPSA) is 12.0 Å². The number of likely N-dealkylation sites (N-methyl/N-ethyl adjacent to an activating group) is 1. The lowest BCUT2D eigenvalue weighted by atomic mass is 10.1. The van der Waals surface area contributed by atoms with Crippen molar-refractivity contribution in [2.24, 2.45) is 0 Å². The average molecular weight is 228 g/mol. The van der Waals surface area contributed by atoms with Crippen molar-refractivity contribution in [1.82, 2.24) is 5.32 Å². The highest BCUT2D eigenvalue weighted by molar-refractivity contribution is 6.36. The summed E-state index contributed by atoms with van der Waals surface area (Å²) in [4.78, 5) is 0. The summed E-state index contributed by atoms with van der Waals surface area (Å²) in [5.74, 6) is 2.63. The molecule has 0 aliphatic carbocycles. The van der Waals surface area contributed by atoms with Gasteiger partial charge in [0.05, 0.1) is 6.04 Å². The van der Waals surface area contributed by atoms with Crippen LogP contribution >= 0.6 is 23.2 Å². The molecule has 1 N–H and O–H groups in total. The molecule has 1 aromatic carbocycles. The van der Waals surface area contributed by atoms with Crippen LogP contribution in [0.1, 0.15) is 5.56 Å². The molecular weight excluding hydrogens is 217 g/mol. The molecule has 0 radical (unpaired) electrons. The van der Waals surface area contributed by atoms with Gasteiger partial charge in [0.15, 0.2) is 0 Å². The molecule has 0 bridgehead atoms. The van der Waals surface area contributed by atoms with Gasteiger partial charge in [-0.1, -0.05) is 35.2 Å². The van der Waals surface area contributed by atoms with Gasteiger partial charge in [0.25, 0.3) is 0 Å². The fourth-order valence-corrected chi connectivity index (χ4v) is 1.73. The molecule has 1 rings (SSSR count). The van der Waals surface area contributed by atoms with Crippen LogP contribution in [0.15, 0.2) is 18.2 Å². The molecule has 0 aliphatic heterocycles. The molecule has 0 aromatic heterocycles. The highest BCUT2D eigenvalue weighted by atomic mass is 35.5. The lowest BCUT2D eigenvalue weighted by Gasteiger charge is -2.11. The Labute approximate surface area is 94.4 Å². The van der Waals surface area contributed by atoms with Gasteiger partial charge >= 0.3 is 0 Å². The van der Waals surface area contributed by atoms with Crippen molar-refractivity contribution in [3.63, 3.8) is 0 Å². The standard InChI is InChI=1S/C11H11Cl2N/c1-3-8(14-2)7-9-10(12)5-4-6-11(9)13/h1,4-6,8,14H,7H2,2H3. The Morgan fingerprint density at radius 1 is 1.43 bits per heavy atom. The Balaban J connectivity index is 2.91. The second kappa shape index (κ2) is 5.26. The quantitative estimate of drug-likeness (QED) is 0.784. The third kappa shape index (κ3) is 2.65. The largest absolute Gasteiger partial charge is 0.306 e. The number of nitrogens with one attached hydrogen (secondary N) is 1. The van der Waals surface area contributed by atoms with E-state index in [1.807, 2.05) is 25.2 Å². The molecular formula is C11H11Cl2N. The highest BCUT2D eigenvalue weighted by Crippen LogP contribution is 2.25. The van der Waals surface area contributed by atoms with Crippen LogP contribution in [0.4, 0.5) is 0 Å². The molecule has 0 aliphatic rings. The van der Waals surface area contributed by atoms with Crippen molar-refractivity contribution < 1.29 is 0 Å². The average Bonchev–Trinajstić information content (AvgIpc) is 2.18. The molecule has 0 fully saturated rings. The molecule has 1 unspecified atom stereocenters. The molecule has 3 heteroatoms. The first-order valence-electron chi connectivity index (χ1n) is 4.25. The van der Waals surface area contributed by atoms with E-state index >= 15 is 0 Å². The van der Waals surface area contributed by atoms with Crippen molar-refractivity contribution in [1.29, 1.82) is 0 Å². The maximum atomic E-state index is 6.01. The SMILES string of the molecule is C#CC(Cc1c(Cl)cccc1Cl)NC. The lowest BCUT2D eigenvalue weighted by molar-refractivity contribution is 0.684. The van der Waals surface area contributed by atoms with E-state index in [0.717, 1.165) is 5.56 Å². The van der Waals surface area contributed by atoms with Gasteiger partial charge in [-0.15, -0.1) is 6.42 Å². The zero-order valence-corrected chi connectivity index (χ0v) is 9.36. The number of hydrogen-bond acceptors (Lipinski definition) is 1. The molecule has 1 nitrogen and oxygen atoms in total. The molecule has 0 heterocycles. The van der Waals surface area contributed by atoms with Gasteiger partial charge in [0.2, 0.25) is 0 Å². The first-order valence-corrected chi connectivity index (χ1v) is 5.01. The van der Waals surface area contributed by atoms with Crippen LogP contribution in [0.5, 0.6) is 0 Å². The molecule has 1 atom stereocenters. The predicted octanol–water partition coefficient (Wildman–Crippen LogP) is 2.76. The number of rotatable bonds is 3. The maximum absolute atomic E-state index is 6.01. The first-order chi connectivity index (χ1) is 6.69. The van der Waals surface area contributed by atoms with Crippen LogP contribution in [-0.4, -0.2) is 13.1 Å². The van der Waals surface area contributed by atoms with E-state index in [0.29, 0.717) is 16.5 Å². The van der Waals surface area contributed by atoms with Gasteiger partial charge in [0.1, 0.15) is 0 Å². The van der Waals surface area contributed by atoms with Gasteiger partial charge in [-0.3, -0.25) is 0 Å². The monoisotopic (exact) mass is 227 g/mol. The minimum atomic E-state index is -0.0348. The second-order valence-corrected chi connectivity index (χ2v) is 3.73. The smallest absolute Gasteiger partial charge is 0.0726 e. The Hall–Kier alpha value is -0.680. The molecule has 14 heavy (non-hydrogen) atoms. The number of halogens is 2. The normalized spacial score (nSPS) is 12.1. The number of benzene rings is 1. The third-order valence-corrected chi connectivity index (χ3v) is 2.73. The van der Waals surface area contributed by atoms with Crippen LogP contribution < -0.4 is 5.32 Å². The minimum Gasteiger partial charge on any atom is -0.306 e. The van der Waals surface area contributed by atoms with E-state index in [1.165, 1.54) is 0 Å². The van der Waals surface area contributed by atoms with E-state index in [4.69, 9.17) is 29.6 Å². The van der Waals surface area contributed by atoms with E-state index in [-0.39, 0.29) is 6.04 Å². The first kappa shape index (κ1) is 11.4. The lowest BCUT2D eigenvalue weighted by Crippen LogP contribution is -2.25. The Morgan fingerprint density at radius 2 is 2.00 bits per heavy atom. The zero-order chi connectivity index (χ0) is 10.6. The number of terminal acetylenes is 1. The molecule has 1 aromatic rings. The van der Waals surface area contributed by atoms with Crippen molar-refractivity contribution in [3.8, 4) is 12.3 Å². The van der Waals surface area contributed by atoms with E-state index in [2.05, 4.69) is 11.2 Å². The summed E-state index contributed by atoms with van der Waals surface area (Å²) in [5.41, 5.74) is 0.896. The second-order valence-electron chi connectivity index (χ2n) is 2.91. The van der Waals surface area contributed by atoms with Crippen LogP contribution in [0.25, 0.3) is 0 Å². The van der Waals surface area contributed by atoms with Gasteiger partial charge in [-0.2, -0.15) is 0 Å². The fraction of sp³-hybridized carbons (Fsp3) is 0.273. The summed E-state index contributed by atoms with van der Waals surface area (Å²) in [6, 6.07) is 5.41. The van der Waals surface area contributed by atoms with Crippen molar-refractivity contribution >= 4 is 23.2 Å². The fourth-order valence-electron chi connectivity index (χ4n) is 1.18. The van der Waals surface area contributed by atoms with Crippen molar-refractivity contribution in [2.75, 3.05) is 7.05 Å². The summed E-state index contributed by atoms with van der Waals surface area (Å²) in [7, 11) is 1.81. The Bertz CT molecular complexity index is 335. The van der Waals surface area contributed by atoms with Gasteiger partial charge in [-0.05, 0) is 24.7 Å². The third-order valence-electron chi connectivity index (χ3n) is 2.02. The van der Waals surface area contributed by atoms with Crippen molar-refractivity contribution in [2.45, 2.75) is 12.5 Å². The summed E-state index contributed by atoms with van der Waals surface area (Å²) in [6.07, 6.45) is 5.98. The molecule has 0 saturated heterocycles. The van der Waals surface area contributed by atoms with Crippen LogP contribution in [-0.2, 0) is 6.42 Å². The molecule has 0 amide bonds. The van der Waals surface area contributed by atoms with Crippen molar-refractivity contribution in [3.05, 3.63) is 33.8 Å². The van der Waals surface area contributed by atoms with Gasteiger partial charge < -0.3 is 5.32 Å². The summed E-state index contributed by atoms with van der Waals surface area (Å²) in [6.45, 7) is 0. The molecule has 0 saturated carbocycles. The van der Waals surface area contributed by atoms with Gasteiger partial charge in [-0.25, -0.2) is 0 Å². The van der Waals surface area contributed by atoms with E-state index in [9.17, 15) is 0 Å². The van der Waals surface area contributed by atoms with Gasteiger partial charge in [0, 0.05) is 16.5 Å².